The first kappa shape index (κ1) is 19.6. The number of amides is 2. The van der Waals surface area contributed by atoms with Crippen LogP contribution in [0.3, 0.4) is 0 Å². The second kappa shape index (κ2) is 7.74. The molecular weight excluding hydrogens is 394 g/mol. The van der Waals surface area contributed by atoms with Crippen LogP contribution in [-0.2, 0) is 20.7 Å². The van der Waals surface area contributed by atoms with E-state index in [4.69, 9.17) is 9.47 Å². The highest BCUT2D eigenvalue weighted by Crippen LogP contribution is 2.44. The number of aromatic nitrogens is 1. The Morgan fingerprint density at radius 1 is 1.06 bits per heavy atom. The Morgan fingerprint density at radius 2 is 1.84 bits per heavy atom. The van der Waals surface area contributed by atoms with Gasteiger partial charge in [-0.1, -0.05) is 36.4 Å². The molecule has 2 amide bonds. The highest BCUT2D eigenvalue weighted by molar-refractivity contribution is 5.97. The maximum atomic E-state index is 13.4. The number of benzene rings is 2. The van der Waals surface area contributed by atoms with Crippen LogP contribution in [0.2, 0.25) is 0 Å². The third kappa shape index (κ3) is 3.08. The van der Waals surface area contributed by atoms with Crippen LogP contribution < -0.4 is 4.74 Å². The number of piperazine rings is 1. The van der Waals surface area contributed by atoms with Gasteiger partial charge in [0, 0.05) is 42.2 Å². The van der Waals surface area contributed by atoms with Gasteiger partial charge in [0.1, 0.15) is 17.8 Å². The van der Waals surface area contributed by atoms with Crippen molar-refractivity contribution in [1.29, 1.82) is 0 Å². The molecule has 2 aliphatic heterocycles. The summed E-state index contributed by atoms with van der Waals surface area (Å²) in [5.41, 5.74) is 3.91. The lowest BCUT2D eigenvalue weighted by Crippen LogP contribution is -2.63. The Labute approximate surface area is 180 Å². The molecule has 0 radical (unpaired) electrons. The van der Waals surface area contributed by atoms with Crippen molar-refractivity contribution in [2.45, 2.75) is 18.5 Å². The molecule has 2 aromatic carbocycles. The molecule has 0 bridgehead atoms. The first-order chi connectivity index (χ1) is 15.1. The maximum absolute atomic E-state index is 13.4. The molecule has 0 spiro atoms. The molecule has 1 aromatic heterocycles. The first-order valence-electron chi connectivity index (χ1n) is 10.4. The average Bonchev–Trinajstić information content (AvgIpc) is 3.17. The molecule has 160 valence electrons. The van der Waals surface area contributed by atoms with E-state index in [0.717, 1.165) is 27.7 Å². The van der Waals surface area contributed by atoms with Crippen molar-refractivity contribution in [1.82, 2.24) is 14.8 Å². The lowest BCUT2D eigenvalue weighted by Gasteiger charge is -2.47. The summed E-state index contributed by atoms with van der Waals surface area (Å²) < 4.78 is 10.8. The SMILES string of the molecule is COCCN1CC(=O)N2C(Cc3c([nH]c4ccccc34)C2c2ccccc2OC)C1=O. The topological polar surface area (TPSA) is 74.9 Å². The minimum absolute atomic E-state index is 0.0347. The lowest BCUT2D eigenvalue weighted by atomic mass is 9.86. The number of aromatic amines is 1. The Bertz CT molecular complexity index is 1150. The smallest absolute Gasteiger partial charge is 0.246 e. The number of methoxy groups -OCH3 is 2. The van der Waals surface area contributed by atoms with Gasteiger partial charge in [0.25, 0.3) is 0 Å². The zero-order valence-corrected chi connectivity index (χ0v) is 17.6. The fourth-order valence-corrected chi connectivity index (χ4v) is 4.93. The largest absolute Gasteiger partial charge is 0.496 e. The van der Waals surface area contributed by atoms with Crippen molar-refractivity contribution >= 4 is 22.7 Å². The zero-order valence-electron chi connectivity index (χ0n) is 17.6. The number of carbonyl (C=O) groups excluding carboxylic acids is 2. The van der Waals surface area contributed by atoms with Crippen LogP contribution in [0, 0.1) is 0 Å². The van der Waals surface area contributed by atoms with Crippen molar-refractivity contribution in [2.75, 3.05) is 33.9 Å². The van der Waals surface area contributed by atoms with Gasteiger partial charge in [-0.25, -0.2) is 0 Å². The minimum atomic E-state index is -0.556. The van der Waals surface area contributed by atoms with Crippen molar-refractivity contribution in [3.05, 3.63) is 65.4 Å². The summed E-state index contributed by atoms with van der Waals surface area (Å²) >= 11 is 0. The van der Waals surface area contributed by atoms with E-state index in [1.165, 1.54) is 0 Å². The maximum Gasteiger partial charge on any atom is 0.246 e. The number of H-pyrrole nitrogens is 1. The monoisotopic (exact) mass is 419 g/mol. The molecule has 1 fully saturated rings. The Balaban J connectivity index is 1.69. The molecule has 7 heteroatoms. The van der Waals surface area contributed by atoms with E-state index >= 15 is 0 Å². The van der Waals surface area contributed by atoms with Crippen LogP contribution in [0.4, 0.5) is 0 Å². The predicted molar refractivity (Wildman–Crippen MR) is 116 cm³/mol. The third-order valence-corrected chi connectivity index (χ3v) is 6.34. The highest BCUT2D eigenvalue weighted by atomic mass is 16.5. The molecule has 5 rings (SSSR count). The molecular formula is C24H25N3O4. The van der Waals surface area contributed by atoms with Crippen LogP contribution in [0.5, 0.6) is 5.75 Å². The number of hydrogen-bond acceptors (Lipinski definition) is 4. The molecule has 2 unspecified atom stereocenters. The van der Waals surface area contributed by atoms with Crippen molar-refractivity contribution in [2.24, 2.45) is 0 Å². The molecule has 2 aliphatic rings. The summed E-state index contributed by atoms with van der Waals surface area (Å²) in [6.07, 6.45) is 0.485. The number of nitrogens with zero attached hydrogens (tertiary/aromatic N) is 2. The number of nitrogens with one attached hydrogen (secondary N) is 1. The first-order valence-corrected chi connectivity index (χ1v) is 10.4. The molecule has 31 heavy (non-hydrogen) atoms. The molecule has 1 saturated heterocycles. The van der Waals surface area contributed by atoms with Crippen molar-refractivity contribution in [3.63, 3.8) is 0 Å². The Kier molecular flexibility index (Phi) is 4.90. The van der Waals surface area contributed by atoms with E-state index in [0.29, 0.717) is 25.3 Å². The summed E-state index contributed by atoms with van der Waals surface area (Å²) in [6.45, 7) is 0.866. The van der Waals surface area contributed by atoms with Crippen LogP contribution in [0.25, 0.3) is 10.9 Å². The highest BCUT2D eigenvalue weighted by Gasteiger charge is 2.48. The quantitative estimate of drug-likeness (QED) is 0.690. The summed E-state index contributed by atoms with van der Waals surface area (Å²) in [5.74, 6) is 0.591. The fourth-order valence-electron chi connectivity index (χ4n) is 4.93. The molecule has 7 nitrogen and oxygen atoms in total. The van der Waals surface area contributed by atoms with E-state index in [2.05, 4.69) is 11.1 Å². The van der Waals surface area contributed by atoms with Crippen LogP contribution >= 0.6 is 0 Å². The predicted octanol–water partition coefficient (Wildman–Crippen LogP) is 2.51. The Hall–Kier alpha value is -3.32. The van der Waals surface area contributed by atoms with Gasteiger partial charge in [-0.3, -0.25) is 9.59 Å². The minimum Gasteiger partial charge on any atom is -0.496 e. The second-order valence-electron chi connectivity index (χ2n) is 7.98. The van der Waals surface area contributed by atoms with E-state index < -0.39 is 12.1 Å². The van der Waals surface area contributed by atoms with Gasteiger partial charge >= 0.3 is 0 Å². The lowest BCUT2D eigenvalue weighted by molar-refractivity contribution is -0.159. The van der Waals surface area contributed by atoms with Crippen LogP contribution in [0.15, 0.2) is 48.5 Å². The number of hydrogen-bond donors (Lipinski definition) is 1. The molecule has 3 heterocycles. The van der Waals surface area contributed by atoms with Crippen molar-refractivity contribution in [3.8, 4) is 5.75 Å². The molecule has 3 aromatic rings. The normalized spacial score (nSPS) is 20.7. The van der Waals surface area contributed by atoms with Crippen LogP contribution in [0.1, 0.15) is 22.9 Å². The molecule has 0 saturated carbocycles. The van der Waals surface area contributed by atoms with Gasteiger partial charge in [-0.05, 0) is 17.7 Å². The zero-order chi connectivity index (χ0) is 21.5. The number of para-hydroxylation sites is 2. The standard InChI is InChI=1S/C24H25N3O4/c1-30-12-11-26-14-21(28)27-19(24(26)29)13-17-15-7-3-5-9-18(15)25-22(17)23(27)16-8-4-6-10-20(16)31-2/h3-10,19,23,25H,11-14H2,1-2H3. The summed E-state index contributed by atoms with van der Waals surface area (Å²) in [4.78, 5) is 33.7. The number of rotatable bonds is 5. The second-order valence-corrected chi connectivity index (χ2v) is 7.98. The van der Waals surface area contributed by atoms with Gasteiger partial charge in [0.05, 0.1) is 20.3 Å². The van der Waals surface area contributed by atoms with Gasteiger partial charge in [0.15, 0.2) is 0 Å². The van der Waals surface area contributed by atoms with Crippen LogP contribution in [-0.4, -0.2) is 66.6 Å². The summed E-state index contributed by atoms with van der Waals surface area (Å²) in [5, 5.41) is 1.09. The van der Waals surface area contributed by atoms with E-state index in [9.17, 15) is 9.59 Å². The summed E-state index contributed by atoms with van der Waals surface area (Å²) in [6, 6.07) is 14.8. The van der Waals surface area contributed by atoms with Gasteiger partial charge < -0.3 is 24.3 Å². The number of ether oxygens (including phenoxy) is 2. The van der Waals surface area contributed by atoms with Crippen molar-refractivity contribution < 1.29 is 19.1 Å². The fraction of sp³-hybridized carbons (Fsp3) is 0.333. The Morgan fingerprint density at radius 3 is 2.65 bits per heavy atom. The van der Waals surface area contributed by atoms with E-state index in [-0.39, 0.29) is 18.4 Å². The van der Waals surface area contributed by atoms with Gasteiger partial charge in [-0.2, -0.15) is 0 Å². The summed E-state index contributed by atoms with van der Waals surface area (Å²) in [7, 11) is 3.22. The number of carbonyl (C=O) groups is 2. The number of fused-ring (bicyclic) bond motifs is 4. The van der Waals surface area contributed by atoms with E-state index in [1.54, 1.807) is 24.0 Å². The van der Waals surface area contributed by atoms with Gasteiger partial charge in [0.2, 0.25) is 11.8 Å². The van der Waals surface area contributed by atoms with Gasteiger partial charge in [-0.15, -0.1) is 0 Å². The average molecular weight is 419 g/mol. The molecule has 0 aliphatic carbocycles. The molecule has 2 atom stereocenters. The molecule has 1 N–H and O–H groups in total. The van der Waals surface area contributed by atoms with E-state index in [1.807, 2.05) is 42.5 Å². The third-order valence-electron chi connectivity index (χ3n) is 6.34.